The molecule has 4 nitrogen and oxygen atoms in total. The molecule has 2 aliphatic rings. The van der Waals surface area contributed by atoms with Gasteiger partial charge in [-0.25, -0.2) is 0 Å². The van der Waals surface area contributed by atoms with Crippen LogP contribution in [0.15, 0.2) is 0 Å². The average Bonchev–Trinajstić information content (AvgIpc) is 3.05. The molecule has 1 aliphatic carbocycles. The highest BCUT2D eigenvalue weighted by Gasteiger charge is 2.46. The summed E-state index contributed by atoms with van der Waals surface area (Å²) in [6.45, 7) is 7.02. The second-order valence-electron chi connectivity index (χ2n) is 5.28. The van der Waals surface area contributed by atoms with Crippen LogP contribution in [0.2, 0.25) is 0 Å². The zero-order valence-electron chi connectivity index (χ0n) is 11.6. The quantitative estimate of drug-likeness (QED) is 0.830. The molecule has 0 aromatic rings. The summed E-state index contributed by atoms with van der Waals surface area (Å²) < 4.78 is 0. The van der Waals surface area contributed by atoms with Gasteiger partial charge >= 0.3 is 0 Å². The van der Waals surface area contributed by atoms with Gasteiger partial charge in [0.1, 0.15) is 0 Å². The summed E-state index contributed by atoms with van der Waals surface area (Å²) in [4.78, 5) is 15.5. The highest BCUT2D eigenvalue weighted by Crippen LogP contribution is 2.46. The number of hydrogen-bond acceptors (Lipinski definition) is 3. The highest BCUT2D eigenvalue weighted by atomic mass is 16.3. The van der Waals surface area contributed by atoms with Crippen LogP contribution < -0.4 is 0 Å². The second kappa shape index (κ2) is 7.10. The van der Waals surface area contributed by atoms with Gasteiger partial charge in [-0.2, -0.15) is 0 Å². The molecule has 1 saturated heterocycles. The van der Waals surface area contributed by atoms with Gasteiger partial charge in [0.15, 0.2) is 0 Å². The van der Waals surface area contributed by atoms with E-state index >= 15 is 0 Å². The Hall–Kier alpha value is -0.610. The first-order chi connectivity index (χ1) is 8.06. The smallest absolute Gasteiger partial charge is 0.227 e. The number of carbonyl (C=O) groups is 1. The van der Waals surface area contributed by atoms with Crippen LogP contribution >= 0.6 is 0 Å². The number of carbonyl (C=O) groups excluding carboxylic acids is 1. The number of aliphatic hydroxyl groups excluding tert-OH is 1. The molecule has 1 heterocycles. The Balaban J connectivity index is 0.000000917. The first-order valence-electron chi connectivity index (χ1n) is 6.61. The minimum absolute atomic E-state index is 0. The molecule has 0 unspecified atom stereocenters. The molecule has 108 valence electrons. The van der Waals surface area contributed by atoms with E-state index in [4.69, 9.17) is 0 Å². The Labute approximate surface area is 112 Å². The van der Waals surface area contributed by atoms with E-state index in [-0.39, 0.29) is 24.7 Å². The van der Waals surface area contributed by atoms with Crippen molar-refractivity contribution in [1.82, 2.24) is 9.80 Å². The minimum Gasteiger partial charge on any atom is -0.396 e. The molecule has 0 radical (unpaired) electrons. The maximum atomic E-state index is 11.6. The molecule has 1 aliphatic heterocycles. The fourth-order valence-corrected chi connectivity index (χ4v) is 2.24. The number of likely N-dealkylation sites (tertiary alicyclic amines) is 1. The fourth-order valence-electron chi connectivity index (χ4n) is 2.24. The van der Waals surface area contributed by atoms with Gasteiger partial charge in [0.2, 0.25) is 5.91 Å². The van der Waals surface area contributed by atoms with Crippen LogP contribution in [0.3, 0.4) is 0 Å². The average molecular weight is 258 g/mol. The standard InChI is InChI=1S/C11H20N2O2.C2H6.CH4/c1-12(2)10(15)9-5-13(6-9)7-11(8-14)3-4-11;1-2;/h9,14H,3-8H2,1-2H3;1-2H3;1H4. The molecule has 0 atom stereocenters. The summed E-state index contributed by atoms with van der Waals surface area (Å²) in [5.41, 5.74) is 0.187. The molecule has 2 fully saturated rings. The third kappa shape index (κ3) is 3.95. The van der Waals surface area contributed by atoms with Crippen molar-refractivity contribution < 1.29 is 9.90 Å². The SMILES string of the molecule is C.CC.CN(C)C(=O)C1CN(CC2(CO)CC2)C1. The van der Waals surface area contributed by atoms with E-state index in [1.807, 2.05) is 13.8 Å². The van der Waals surface area contributed by atoms with Gasteiger partial charge in [-0.1, -0.05) is 21.3 Å². The van der Waals surface area contributed by atoms with E-state index in [1.165, 1.54) is 0 Å². The van der Waals surface area contributed by atoms with Crippen LogP contribution in [0.5, 0.6) is 0 Å². The number of nitrogens with zero attached hydrogens (tertiary/aromatic N) is 2. The van der Waals surface area contributed by atoms with Gasteiger partial charge in [0.05, 0.1) is 5.92 Å². The molecule has 0 aromatic heterocycles. The zero-order chi connectivity index (χ0) is 13.1. The topological polar surface area (TPSA) is 43.8 Å². The number of aliphatic hydroxyl groups is 1. The predicted octanol–water partition coefficient (Wildman–Crippen LogP) is 1.44. The fraction of sp³-hybridized carbons (Fsp3) is 0.929. The minimum atomic E-state index is 0. The van der Waals surface area contributed by atoms with Crippen molar-refractivity contribution >= 4 is 5.91 Å². The van der Waals surface area contributed by atoms with Gasteiger partial charge < -0.3 is 14.9 Å². The van der Waals surface area contributed by atoms with Crippen molar-refractivity contribution in [2.24, 2.45) is 11.3 Å². The lowest BCUT2D eigenvalue weighted by molar-refractivity contribution is -0.138. The lowest BCUT2D eigenvalue weighted by atomic mass is 9.96. The molecule has 18 heavy (non-hydrogen) atoms. The summed E-state index contributed by atoms with van der Waals surface area (Å²) in [6.07, 6.45) is 2.29. The van der Waals surface area contributed by atoms with E-state index in [9.17, 15) is 9.90 Å². The number of hydrogen-bond donors (Lipinski definition) is 1. The van der Waals surface area contributed by atoms with Gasteiger partial charge in [0.25, 0.3) is 0 Å². The van der Waals surface area contributed by atoms with Crippen molar-refractivity contribution in [3.05, 3.63) is 0 Å². The molecule has 4 heteroatoms. The van der Waals surface area contributed by atoms with Crippen LogP contribution in [0.25, 0.3) is 0 Å². The van der Waals surface area contributed by atoms with E-state index < -0.39 is 0 Å². The summed E-state index contributed by atoms with van der Waals surface area (Å²) in [6, 6.07) is 0. The predicted molar refractivity (Wildman–Crippen MR) is 75.5 cm³/mol. The van der Waals surface area contributed by atoms with Gasteiger partial charge in [-0.05, 0) is 12.8 Å². The van der Waals surface area contributed by atoms with Crippen LogP contribution in [-0.2, 0) is 4.79 Å². The second-order valence-corrected chi connectivity index (χ2v) is 5.28. The van der Waals surface area contributed by atoms with E-state index in [0.717, 1.165) is 32.5 Å². The van der Waals surface area contributed by atoms with Crippen molar-refractivity contribution in [1.29, 1.82) is 0 Å². The van der Waals surface area contributed by atoms with Gasteiger partial charge in [-0.3, -0.25) is 4.79 Å². The van der Waals surface area contributed by atoms with Crippen molar-refractivity contribution in [2.45, 2.75) is 34.1 Å². The Kier molecular flexibility index (Phi) is 6.86. The molecule has 1 amide bonds. The number of rotatable bonds is 4. The molecule has 2 rings (SSSR count). The number of amides is 1. The van der Waals surface area contributed by atoms with Crippen molar-refractivity contribution in [3.63, 3.8) is 0 Å². The molecular formula is C14H30N2O2. The third-order valence-corrected chi connectivity index (χ3v) is 3.60. The highest BCUT2D eigenvalue weighted by molar-refractivity contribution is 5.79. The first-order valence-corrected chi connectivity index (χ1v) is 6.61. The molecular weight excluding hydrogens is 228 g/mol. The molecule has 1 N–H and O–H groups in total. The lowest BCUT2D eigenvalue weighted by Crippen LogP contribution is -2.54. The van der Waals surface area contributed by atoms with Crippen LogP contribution in [0, 0.1) is 11.3 Å². The van der Waals surface area contributed by atoms with Crippen LogP contribution in [0.4, 0.5) is 0 Å². The normalized spacial score (nSPS) is 20.9. The Morgan fingerprint density at radius 3 is 2.17 bits per heavy atom. The van der Waals surface area contributed by atoms with E-state index in [2.05, 4.69) is 4.90 Å². The lowest BCUT2D eigenvalue weighted by Gasteiger charge is -2.41. The molecule has 0 spiro atoms. The Morgan fingerprint density at radius 2 is 1.83 bits per heavy atom. The molecule has 0 bridgehead atoms. The monoisotopic (exact) mass is 258 g/mol. The molecule has 1 saturated carbocycles. The first kappa shape index (κ1) is 17.4. The summed E-state index contributed by atoms with van der Waals surface area (Å²) in [7, 11) is 3.61. The maximum absolute atomic E-state index is 11.6. The maximum Gasteiger partial charge on any atom is 0.227 e. The van der Waals surface area contributed by atoms with E-state index in [0.29, 0.717) is 6.61 Å². The zero-order valence-corrected chi connectivity index (χ0v) is 11.6. The van der Waals surface area contributed by atoms with Crippen LogP contribution in [-0.4, -0.2) is 61.2 Å². The van der Waals surface area contributed by atoms with Gasteiger partial charge in [0, 0.05) is 45.8 Å². The Bertz CT molecular complexity index is 257. The van der Waals surface area contributed by atoms with Crippen molar-refractivity contribution in [3.8, 4) is 0 Å². The summed E-state index contributed by atoms with van der Waals surface area (Å²) in [5, 5.41) is 9.19. The third-order valence-electron chi connectivity index (χ3n) is 3.60. The van der Waals surface area contributed by atoms with Gasteiger partial charge in [-0.15, -0.1) is 0 Å². The molecule has 0 aromatic carbocycles. The Morgan fingerprint density at radius 1 is 1.33 bits per heavy atom. The van der Waals surface area contributed by atoms with E-state index in [1.54, 1.807) is 19.0 Å². The largest absolute Gasteiger partial charge is 0.396 e. The summed E-state index contributed by atoms with van der Waals surface area (Å²) in [5.74, 6) is 0.426. The van der Waals surface area contributed by atoms with Crippen molar-refractivity contribution in [2.75, 3.05) is 40.3 Å². The van der Waals surface area contributed by atoms with Crippen LogP contribution in [0.1, 0.15) is 34.1 Å². The summed E-state index contributed by atoms with van der Waals surface area (Å²) >= 11 is 0.